The van der Waals surface area contributed by atoms with Crippen molar-refractivity contribution in [2.75, 3.05) is 11.5 Å². The lowest BCUT2D eigenvalue weighted by Gasteiger charge is -2.15. The predicted molar refractivity (Wildman–Crippen MR) is 84.7 cm³/mol. The van der Waals surface area contributed by atoms with Crippen LogP contribution in [0.25, 0.3) is 16.7 Å². The van der Waals surface area contributed by atoms with Crippen LogP contribution in [0.5, 0.6) is 0 Å². The van der Waals surface area contributed by atoms with Crippen molar-refractivity contribution in [1.82, 2.24) is 14.5 Å². The van der Waals surface area contributed by atoms with E-state index in [1.807, 2.05) is 0 Å². The number of hydrogen-bond donors (Lipinski definition) is 2. The maximum Gasteiger partial charge on any atom is 0.418 e. The molecule has 5 nitrogen and oxygen atoms in total. The van der Waals surface area contributed by atoms with Crippen LogP contribution in [-0.4, -0.2) is 14.5 Å². The van der Waals surface area contributed by atoms with Gasteiger partial charge in [0, 0.05) is 17.1 Å². The van der Waals surface area contributed by atoms with Crippen LogP contribution in [0.1, 0.15) is 23.2 Å². The highest BCUT2D eigenvalue weighted by molar-refractivity contribution is 5.91. The summed E-state index contributed by atoms with van der Waals surface area (Å²) in [5.74, 6) is 0.250. The fraction of sp³-hybridized carbons (Fsp3) is 0.250. The van der Waals surface area contributed by atoms with Crippen molar-refractivity contribution in [3.05, 3.63) is 41.3 Å². The molecule has 0 atom stereocenters. The monoisotopic (exact) mass is 333 g/mol. The highest BCUT2D eigenvalue weighted by Crippen LogP contribution is 2.39. The molecule has 1 aromatic carbocycles. The van der Waals surface area contributed by atoms with Crippen molar-refractivity contribution >= 4 is 22.5 Å². The number of benzene rings is 1. The van der Waals surface area contributed by atoms with Crippen LogP contribution in [-0.2, 0) is 19.0 Å². The van der Waals surface area contributed by atoms with Gasteiger partial charge in [-0.05, 0) is 43.0 Å². The first-order chi connectivity index (χ1) is 11.4. The zero-order valence-corrected chi connectivity index (χ0v) is 12.6. The van der Waals surface area contributed by atoms with E-state index in [4.69, 9.17) is 11.5 Å². The molecule has 0 bridgehead atoms. The molecule has 0 amide bonds. The van der Waals surface area contributed by atoms with Crippen molar-refractivity contribution in [1.29, 1.82) is 0 Å². The standard InChI is InChI=1S/C16H14F3N5/c17-16(18,19)10-6-8(4-5-11(10)20)24-12-3-1-2-9(12)13-14(24)15(21)23-7-22-13/h4-7H,1-3,20H2,(H2,21,22,23). The van der Waals surface area contributed by atoms with Crippen LogP contribution in [0.4, 0.5) is 24.7 Å². The number of fused-ring (bicyclic) bond motifs is 3. The summed E-state index contributed by atoms with van der Waals surface area (Å²) in [4.78, 5) is 8.28. The van der Waals surface area contributed by atoms with Crippen molar-refractivity contribution in [3.63, 3.8) is 0 Å². The number of nitrogen functional groups attached to an aromatic ring is 2. The smallest absolute Gasteiger partial charge is 0.398 e. The third kappa shape index (κ3) is 2.02. The van der Waals surface area contributed by atoms with Gasteiger partial charge >= 0.3 is 6.18 Å². The Hall–Kier alpha value is -2.77. The first kappa shape index (κ1) is 14.8. The molecule has 0 aliphatic heterocycles. The Morgan fingerprint density at radius 1 is 1.08 bits per heavy atom. The summed E-state index contributed by atoms with van der Waals surface area (Å²) in [6.07, 6.45) is -0.613. The molecule has 0 saturated carbocycles. The lowest BCUT2D eigenvalue weighted by Crippen LogP contribution is -2.11. The minimum atomic E-state index is -4.52. The first-order valence-electron chi connectivity index (χ1n) is 7.47. The molecule has 0 saturated heterocycles. The highest BCUT2D eigenvalue weighted by atomic mass is 19.4. The number of anilines is 2. The van der Waals surface area contributed by atoms with Crippen molar-refractivity contribution in [2.24, 2.45) is 0 Å². The second-order valence-electron chi connectivity index (χ2n) is 5.84. The Morgan fingerprint density at radius 2 is 1.88 bits per heavy atom. The van der Waals surface area contributed by atoms with Crippen LogP contribution in [0, 0.1) is 0 Å². The summed E-state index contributed by atoms with van der Waals surface area (Å²) < 4.78 is 41.3. The molecular weight excluding hydrogens is 319 g/mol. The molecule has 4 rings (SSSR count). The molecular formula is C16H14F3N5. The molecule has 0 radical (unpaired) electrons. The molecule has 124 valence electrons. The summed E-state index contributed by atoms with van der Waals surface area (Å²) in [6.45, 7) is 0. The van der Waals surface area contributed by atoms with Gasteiger partial charge in [-0.15, -0.1) is 0 Å². The minimum Gasteiger partial charge on any atom is -0.398 e. The van der Waals surface area contributed by atoms with E-state index in [1.54, 1.807) is 10.6 Å². The lowest BCUT2D eigenvalue weighted by atomic mass is 10.1. The van der Waals surface area contributed by atoms with E-state index < -0.39 is 11.7 Å². The summed E-state index contributed by atoms with van der Waals surface area (Å²) in [5.41, 5.74) is 13.9. The average molecular weight is 333 g/mol. The molecule has 24 heavy (non-hydrogen) atoms. The second-order valence-corrected chi connectivity index (χ2v) is 5.84. The van der Waals surface area contributed by atoms with E-state index in [9.17, 15) is 13.2 Å². The normalized spacial score (nSPS) is 14.3. The van der Waals surface area contributed by atoms with Gasteiger partial charge in [-0.1, -0.05) is 0 Å². The van der Waals surface area contributed by atoms with Crippen molar-refractivity contribution in [3.8, 4) is 5.69 Å². The van der Waals surface area contributed by atoms with E-state index in [2.05, 4.69) is 9.97 Å². The fourth-order valence-corrected chi connectivity index (χ4v) is 3.41. The molecule has 3 aromatic rings. The number of hydrogen-bond acceptors (Lipinski definition) is 4. The molecule has 0 unspecified atom stereocenters. The Morgan fingerprint density at radius 3 is 2.62 bits per heavy atom. The van der Waals surface area contributed by atoms with Crippen LogP contribution in [0.3, 0.4) is 0 Å². The van der Waals surface area contributed by atoms with E-state index in [0.29, 0.717) is 16.7 Å². The fourth-order valence-electron chi connectivity index (χ4n) is 3.41. The van der Waals surface area contributed by atoms with Crippen LogP contribution < -0.4 is 11.5 Å². The average Bonchev–Trinajstić information content (AvgIpc) is 3.08. The SMILES string of the molecule is Nc1ccc(-n2c3c(c4ncnc(N)c42)CCC3)cc1C(F)(F)F. The predicted octanol–water partition coefficient (Wildman–Crippen LogP) is 3.09. The molecule has 0 spiro atoms. The van der Waals surface area contributed by atoms with Gasteiger partial charge in [0.05, 0.1) is 11.1 Å². The first-order valence-corrected chi connectivity index (χ1v) is 7.47. The Kier molecular flexibility index (Phi) is 3.00. The quantitative estimate of drug-likeness (QED) is 0.670. The maximum atomic E-state index is 13.2. The van der Waals surface area contributed by atoms with Crippen molar-refractivity contribution in [2.45, 2.75) is 25.4 Å². The second kappa shape index (κ2) is 4.86. The molecule has 8 heteroatoms. The number of nitrogens with two attached hydrogens (primary N) is 2. The largest absolute Gasteiger partial charge is 0.418 e. The van der Waals surface area contributed by atoms with Crippen molar-refractivity contribution < 1.29 is 13.2 Å². The van der Waals surface area contributed by atoms with Gasteiger partial charge in [0.15, 0.2) is 5.82 Å². The van der Waals surface area contributed by atoms with E-state index in [-0.39, 0.29) is 11.5 Å². The number of aromatic nitrogens is 3. The summed E-state index contributed by atoms with van der Waals surface area (Å²) in [7, 11) is 0. The number of nitrogens with zero attached hydrogens (tertiary/aromatic N) is 3. The number of rotatable bonds is 1. The number of aryl methyl sites for hydroxylation is 1. The Balaban J connectivity index is 2.05. The van der Waals surface area contributed by atoms with Crippen LogP contribution >= 0.6 is 0 Å². The summed E-state index contributed by atoms with van der Waals surface area (Å²) in [6, 6.07) is 3.89. The lowest BCUT2D eigenvalue weighted by molar-refractivity contribution is -0.136. The molecule has 1 aliphatic rings. The minimum absolute atomic E-state index is 0.250. The Bertz CT molecular complexity index is 958. The van der Waals surface area contributed by atoms with Gasteiger partial charge in [0.25, 0.3) is 0 Å². The molecule has 0 fully saturated rings. The van der Waals surface area contributed by atoms with Crippen LogP contribution in [0.2, 0.25) is 0 Å². The van der Waals surface area contributed by atoms with Gasteiger partial charge < -0.3 is 16.0 Å². The molecule has 2 aromatic heterocycles. The third-order valence-electron chi connectivity index (χ3n) is 4.42. The Labute approximate surface area is 135 Å². The third-order valence-corrected chi connectivity index (χ3v) is 4.42. The molecule has 4 N–H and O–H groups in total. The topological polar surface area (TPSA) is 82.8 Å². The number of alkyl halides is 3. The van der Waals surface area contributed by atoms with Gasteiger partial charge in [-0.2, -0.15) is 13.2 Å². The van der Waals surface area contributed by atoms with E-state index in [0.717, 1.165) is 36.6 Å². The van der Waals surface area contributed by atoms with Crippen LogP contribution in [0.15, 0.2) is 24.5 Å². The summed E-state index contributed by atoms with van der Waals surface area (Å²) >= 11 is 0. The van der Waals surface area contributed by atoms with Gasteiger partial charge in [-0.3, -0.25) is 0 Å². The van der Waals surface area contributed by atoms with Gasteiger partial charge in [-0.25, -0.2) is 9.97 Å². The van der Waals surface area contributed by atoms with E-state index >= 15 is 0 Å². The van der Waals surface area contributed by atoms with E-state index in [1.165, 1.54) is 12.4 Å². The zero-order chi connectivity index (χ0) is 17.1. The maximum absolute atomic E-state index is 13.2. The highest BCUT2D eigenvalue weighted by Gasteiger charge is 2.34. The van der Waals surface area contributed by atoms with Gasteiger partial charge in [0.2, 0.25) is 0 Å². The summed E-state index contributed by atoms with van der Waals surface area (Å²) in [5, 5.41) is 0. The molecule has 2 heterocycles. The molecule has 1 aliphatic carbocycles. The zero-order valence-electron chi connectivity index (χ0n) is 12.6. The number of halogens is 3. The van der Waals surface area contributed by atoms with Gasteiger partial charge in [0.1, 0.15) is 11.8 Å².